The zero-order valence-corrected chi connectivity index (χ0v) is 25.9. The summed E-state index contributed by atoms with van der Waals surface area (Å²) in [6.07, 6.45) is 6.80. The van der Waals surface area contributed by atoms with E-state index in [4.69, 9.17) is 39.1 Å². The third-order valence-corrected chi connectivity index (χ3v) is 7.52. The number of hydrogen-bond acceptors (Lipinski definition) is 7. The molecule has 1 saturated heterocycles. The van der Waals surface area contributed by atoms with Gasteiger partial charge in [0.2, 0.25) is 0 Å². The van der Waals surface area contributed by atoms with Crippen molar-refractivity contribution < 1.29 is 4.74 Å². The van der Waals surface area contributed by atoms with Crippen molar-refractivity contribution in [1.29, 1.82) is 5.41 Å². The van der Waals surface area contributed by atoms with Crippen LogP contribution in [0.15, 0.2) is 77.0 Å². The number of benzene rings is 1. The molecule has 4 rings (SSSR count). The fourth-order valence-electron chi connectivity index (χ4n) is 4.70. The van der Waals surface area contributed by atoms with Crippen LogP contribution in [-0.2, 0) is 13.5 Å². The first-order valence-electron chi connectivity index (χ1n) is 13.8. The van der Waals surface area contributed by atoms with E-state index < -0.39 is 6.10 Å². The van der Waals surface area contributed by atoms with Crippen LogP contribution in [0.5, 0.6) is 5.75 Å². The fraction of sp³-hybridized carbons (Fsp3) is 0.355. The molecule has 3 N–H and O–H groups in total. The van der Waals surface area contributed by atoms with E-state index in [-0.39, 0.29) is 5.71 Å². The molecule has 3 heterocycles. The van der Waals surface area contributed by atoms with Crippen LogP contribution in [0.1, 0.15) is 51.1 Å². The Morgan fingerprint density at radius 1 is 1.22 bits per heavy atom. The van der Waals surface area contributed by atoms with Gasteiger partial charge in [0.05, 0.1) is 11.4 Å². The van der Waals surface area contributed by atoms with Gasteiger partial charge in [-0.1, -0.05) is 55.8 Å². The average Bonchev–Trinajstić information content (AvgIpc) is 3.63. The summed E-state index contributed by atoms with van der Waals surface area (Å²) in [5, 5.41) is 22.9. The lowest BCUT2D eigenvalue weighted by Crippen LogP contribution is -2.22. The van der Waals surface area contributed by atoms with Crippen LogP contribution in [0.25, 0.3) is 0 Å². The maximum absolute atomic E-state index is 8.78. The van der Waals surface area contributed by atoms with E-state index in [9.17, 15) is 0 Å². The van der Waals surface area contributed by atoms with Gasteiger partial charge >= 0.3 is 0 Å². The van der Waals surface area contributed by atoms with Crippen molar-refractivity contribution in [2.45, 2.75) is 46.6 Å². The third kappa shape index (κ3) is 7.99. The molecule has 1 aliphatic heterocycles. The van der Waals surface area contributed by atoms with E-state index in [1.54, 1.807) is 24.3 Å². The number of ether oxygens (including phenoxy) is 1. The lowest BCUT2D eigenvalue weighted by molar-refractivity contribution is 0.260. The van der Waals surface area contributed by atoms with Gasteiger partial charge in [-0.25, -0.2) is 0 Å². The van der Waals surface area contributed by atoms with E-state index in [2.05, 4.69) is 32.8 Å². The highest BCUT2D eigenvalue weighted by atomic mass is 35.5. The maximum Gasteiger partial charge on any atom is 0.151 e. The number of anilines is 2. The number of aromatic nitrogens is 4. The zero-order chi connectivity index (χ0) is 30.1. The number of nitrogens with two attached hydrogens (primary N) is 1. The van der Waals surface area contributed by atoms with Crippen molar-refractivity contribution in [3.63, 3.8) is 0 Å². The van der Waals surface area contributed by atoms with Gasteiger partial charge in [0, 0.05) is 53.2 Å². The molecule has 41 heavy (non-hydrogen) atoms. The smallest absolute Gasteiger partial charge is 0.151 e. The van der Waals surface area contributed by atoms with Crippen LogP contribution in [-0.4, -0.2) is 44.9 Å². The first-order chi connectivity index (χ1) is 19.7. The molecule has 0 spiro atoms. The van der Waals surface area contributed by atoms with Gasteiger partial charge in [0.1, 0.15) is 17.5 Å². The lowest BCUT2D eigenvalue weighted by Gasteiger charge is -2.20. The second-order valence-electron chi connectivity index (χ2n) is 9.55. The van der Waals surface area contributed by atoms with Gasteiger partial charge in [-0.05, 0) is 69.0 Å². The first-order valence-corrected chi connectivity index (χ1v) is 14.5. The average molecular weight is 597 g/mol. The van der Waals surface area contributed by atoms with Crippen molar-refractivity contribution in [2.75, 3.05) is 23.7 Å². The molecule has 10 heteroatoms. The van der Waals surface area contributed by atoms with E-state index in [0.717, 1.165) is 37.4 Å². The molecular weight excluding hydrogens is 557 g/mol. The molecule has 2 atom stereocenters. The molecule has 1 aliphatic rings. The highest BCUT2D eigenvalue weighted by Gasteiger charge is 2.25. The van der Waals surface area contributed by atoms with E-state index >= 15 is 0 Å². The first kappa shape index (κ1) is 31.9. The summed E-state index contributed by atoms with van der Waals surface area (Å²) in [5.74, 6) is 1.83. The number of halogens is 2. The second-order valence-corrected chi connectivity index (χ2v) is 10.4. The van der Waals surface area contributed by atoms with Crippen molar-refractivity contribution in [2.24, 2.45) is 13.0 Å². The van der Waals surface area contributed by atoms with Gasteiger partial charge in [-0.3, -0.25) is 10.1 Å². The van der Waals surface area contributed by atoms with Crippen molar-refractivity contribution in [1.82, 2.24) is 20.0 Å². The minimum absolute atomic E-state index is 0.158. The highest BCUT2D eigenvalue weighted by Crippen LogP contribution is 2.30. The van der Waals surface area contributed by atoms with Crippen molar-refractivity contribution in [3.8, 4) is 5.75 Å². The molecule has 1 unspecified atom stereocenters. The van der Waals surface area contributed by atoms with Crippen LogP contribution < -0.4 is 15.4 Å². The minimum Gasteiger partial charge on any atom is -0.486 e. The molecule has 0 aliphatic carbocycles. The van der Waals surface area contributed by atoms with E-state index in [0.29, 0.717) is 44.2 Å². The molecule has 2 aromatic heterocycles. The van der Waals surface area contributed by atoms with Crippen LogP contribution in [0, 0.1) is 11.3 Å². The number of nitrogens with one attached hydrogen (secondary N) is 1. The second kappa shape index (κ2) is 14.8. The highest BCUT2D eigenvalue weighted by molar-refractivity contribution is 6.36. The summed E-state index contributed by atoms with van der Waals surface area (Å²) in [6, 6.07) is 11.0. The topological polar surface area (TPSA) is 106 Å². The molecule has 1 aromatic carbocycles. The lowest BCUT2D eigenvalue weighted by atomic mass is 10.0. The molecule has 3 aromatic rings. The fourth-order valence-corrected chi connectivity index (χ4v) is 5.26. The summed E-state index contributed by atoms with van der Waals surface area (Å²) in [6.45, 7) is 13.2. The zero-order valence-electron chi connectivity index (χ0n) is 24.4. The molecule has 0 amide bonds. The van der Waals surface area contributed by atoms with E-state index in [1.165, 1.54) is 6.08 Å². The Morgan fingerprint density at radius 2 is 1.98 bits per heavy atom. The molecule has 218 valence electrons. The van der Waals surface area contributed by atoms with Crippen LogP contribution >= 0.6 is 23.2 Å². The minimum atomic E-state index is -0.467. The van der Waals surface area contributed by atoms with Crippen molar-refractivity contribution in [3.05, 3.63) is 93.9 Å². The predicted molar refractivity (Wildman–Crippen MR) is 170 cm³/mol. The normalized spacial score (nSPS) is 16.4. The summed E-state index contributed by atoms with van der Waals surface area (Å²) in [5.41, 5.74) is 9.48. The number of nitrogens with zero attached hydrogens (tertiary/aromatic N) is 5. The van der Waals surface area contributed by atoms with Crippen molar-refractivity contribution >= 4 is 40.4 Å². The number of nitrogen functional groups attached to an aromatic ring is 1. The Balaban J connectivity index is 0.00000226. The number of rotatable bonds is 10. The Hall–Kier alpha value is -3.62. The Morgan fingerprint density at radius 3 is 2.59 bits per heavy atom. The standard InChI is InChI=1S/C29H33Cl2N7O.C2H6/c1-5-23(30)28(24(31)6-2)18(3)39-21-7-8-25(32)22(16-21)29(33)26-9-10-27(35-34-26)38-14-11-19(17-38)15-20-12-13-37(4)36-20;1-2/h5-10,12-13,16,18-19,33H,1,11,14-15,17,32H2,2-4H3;1-2H3/b24-6+,28-23+,33-29?;/t18-,19?;/m1./s1. The molecular formula is C31H39Cl2N7O. The Bertz CT molecular complexity index is 1410. The number of aryl methyl sites for hydroxylation is 1. The van der Waals surface area contributed by atoms with Gasteiger partial charge in [-0.15, -0.1) is 10.2 Å². The number of allylic oxidation sites excluding steroid dienone is 3. The van der Waals surface area contributed by atoms with Gasteiger partial charge in [-0.2, -0.15) is 5.10 Å². The predicted octanol–water partition coefficient (Wildman–Crippen LogP) is 6.89. The molecule has 8 nitrogen and oxygen atoms in total. The Labute approximate surface area is 253 Å². The largest absolute Gasteiger partial charge is 0.486 e. The summed E-state index contributed by atoms with van der Waals surface area (Å²) >= 11 is 12.7. The SMILES string of the molecule is C=C/C(Cl)=C(\C(Cl)=C/C)[C@@H](C)Oc1ccc(N)c(C(=N)c2ccc(N3CCC(Cc4ccn(C)n4)C3)nn2)c1.CC. The van der Waals surface area contributed by atoms with Crippen LogP contribution in [0.4, 0.5) is 11.5 Å². The summed E-state index contributed by atoms with van der Waals surface area (Å²) in [4.78, 5) is 2.23. The Kier molecular flexibility index (Phi) is 11.6. The van der Waals surface area contributed by atoms with Crippen LogP contribution in [0.3, 0.4) is 0 Å². The van der Waals surface area contributed by atoms with Gasteiger partial charge < -0.3 is 15.4 Å². The molecule has 0 radical (unpaired) electrons. The summed E-state index contributed by atoms with van der Waals surface area (Å²) in [7, 11) is 1.94. The number of hydrogen-bond donors (Lipinski definition) is 2. The molecule has 1 fully saturated rings. The van der Waals surface area contributed by atoms with E-state index in [1.807, 2.05) is 57.8 Å². The monoisotopic (exact) mass is 595 g/mol. The maximum atomic E-state index is 8.78. The van der Waals surface area contributed by atoms with Crippen LogP contribution in [0.2, 0.25) is 0 Å². The third-order valence-electron chi connectivity index (χ3n) is 6.74. The molecule has 0 saturated carbocycles. The molecule has 0 bridgehead atoms. The van der Waals surface area contributed by atoms with Gasteiger partial charge in [0.15, 0.2) is 5.82 Å². The quantitative estimate of drug-likeness (QED) is 0.150. The van der Waals surface area contributed by atoms with Gasteiger partial charge in [0.25, 0.3) is 0 Å². The summed E-state index contributed by atoms with van der Waals surface area (Å²) < 4.78 is 7.96.